The number of allylic oxidation sites excluding steroid dienone is 1. The Labute approximate surface area is 65.8 Å². The molecule has 0 spiro atoms. The van der Waals surface area contributed by atoms with Crippen LogP contribution in [-0.2, 0) is 9.53 Å². The van der Waals surface area contributed by atoms with Crippen molar-refractivity contribution in [1.29, 1.82) is 0 Å². The molecule has 0 unspecified atom stereocenters. The number of carbonyl (C=O) groups is 1. The topological polar surface area (TPSA) is 38.7 Å². The van der Waals surface area contributed by atoms with E-state index in [4.69, 9.17) is 0 Å². The van der Waals surface area contributed by atoms with Crippen molar-refractivity contribution in [3.63, 3.8) is 0 Å². The van der Waals surface area contributed by atoms with E-state index in [-0.39, 0.29) is 5.97 Å². The zero-order valence-electron chi connectivity index (χ0n) is 6.76. The first-order chi connectivity index (χ1) is 5.24. The number of esters is 1. The highest BCUT2D eigenvalue weighted by molar-refractivity contribution is 6.37. The number of methoxy groups -OCH3 is 1. The van der Waals surface area contributed by atoms with Gasteiger partial charge in [-0.25, -0.2) is 4.79 Å². The first-order valence-corrected chi connectivity index (χ1v) is 3.51. The van der Waals surface area contributed by atoms with E-state index in [1.54, 1.807) is 0 Å². The molecular formula is C8H11NO2. The molecule has 0 saturated carbocycles. The van der Waals surface area contributed by atoms with Crippen molar-refractivity contribution in [3.8, 4) is 0 Å². The number of carbonyl (C=O) groups excluding carboxylic acids is 1. The largest absolute Gasteiger partial charge is 0.465 e. The maximum absolute atomic E-state index is 10.9. The predicted octanol–water partition coefficient (Wildman–Crippen LogP) is 0.950. The van der Waals surface area contributed by atoms with Crippen LogP contribution in [0.3, 0.4) is 0 Å². The van der Waals surface area contributed by atoms with Gasteiger partial charge in [0.05, 0.1) is 13.7 Å². The van der Waals surface area contributed by atoms with Gasteiger partial charge in [0.1, 0.15) is 5.71 Å². The summed E-state index contributed by atoms with van der Waals surface area (Å²) in [7, 11) is 1.37. The lowest BCUT2D eigenvalue weighted by Crippen LogP contribution is -2.18. The van der Waals surface area contributed by atoms with Crippen molar-refractivity contribution < 1.29 is 9.53 Å². The van der Waals surface area contributed by atoms with Crippen molar-refractivity contribution in [1.82, 2.24) is 0 Å². The third kappa shape index (κ3) is 1.90. The average molecular weight is 153 g/mol. The summed E-state index contributed by atoms with van der Waals surface area (Å²) in [6, 6.07) is 0. The molecule has 0 fully saturated rings. The van der Waals surface area contributed by atoms with Crippen LogP contribution < -0.4 is 0 Å². The summed E-state index contributed by atoms with van der Waals surface area (Å²) in [6.07, 6.45) is 2.64. The number of aliphatic imine (C=N–C) groups is 1. The zero-order valence-corrected chi connectivity index (χ0v) is 6.76. The molecule has 0 amide bonds. The fourth-order valence-corrected chi connectivity index (χ4v) is 0.958. The zero-order chi connectivity index (χ0) is 8.27. The van der Waals surface area contributed by atoms with Gasteiger partial charge in [0.2, 0.25) is 0 Å². The van der Waals surface area contributed by atoms with E-state index in [1.165, 1.54) is 12.7 Å². The molecule has 0 aliphatic carbocycles. The Hall–Kier alpha value is -1.12. The molecule has 11 heavy (non-hydrogen) atoms. The predicted molar refractivity (Wildman–Crippen MR) is 42.7 cm³/mol. The summed E-state index contributed by atoms with van der Waals surface area (Å²) in [5.41, 5.74) is 1.72. The number of hydrogen-bond donors (Lipinski definition) is 0. The number of hydrogen-bond acceptors (Lipinski definition) is 3. The van der Waals surface area contributed by atoms with Crippen LogP contribution in [0.15, 0.2) is 16.6 Å². The first kappa shape index (κ1) is 7.98. The fraction of sp³-hybridized carbons (Fsp3) is 0.500. The standard InChI is InChI=1S/C8H11NO2/c1-6-3-4-9-7(5-6)8(10)11-2/h3H,4-5H2,1-2H3. The Morgan fingerprint density at radius 1 is 1.73 bits per heavy atom. The van der Waals surface area contributed by atoms with Gasteiger partial charge < -0.3 is 4.74 Å². The lowest BCUT2D eigenvalue weighted by atomic mass is 10.1. The molecule has 1 aliphatic heterocycles. The van der Waals surface area contributed by atoms with E-state index in [0.29, 0.717) is 18.7 Å². The van der Waals surface area contributed by atoms with Gasteiger partial charge in [0.15, 0.2) is 0 Å². The van der Waals surface area contributed by atoms with Crippen molar-refractivity contribution in [2.75, 3.05) is 13.7 Å². The van der Waals surface area contributed by atoms with Crippen molar-refractivity contribution >= 4 is 11.7 Å². The van der Waals surface area contributed by atoms with Gasteiger partial charge in [-0.15, -0.1) is 0 Å². The Balaban J connectivity index is 2.62. The average Bonchev–Trinajstić information content (AvgIpc) is 2.03. The molecular weight excluding hydrogens is 142 g/mol. The van der Waals surface area contributed by atoms with Crippen LogP contribution in [0.5, 0.6) is 0 Å². The summed E-state index contributed by atoms with van der Waals surface area (Å²) in [5, 5.41) is 0. The minimum atomic E-state index is -0.308. The molecule has 1 rings (SSSR count). The van der Waals surface area contributed by atoms with Gasteiger partial charge >= 0.3 is 5.97 Å². The van der Waals surface area contributed by atoms with Crippen LogP contribution in [0.25, 0.3) is 0 Å². The summed E-state index contributed by atoms with van der Waals surface area (Å²) in [6.45, 7) is 2.59. The number of nitrogens with zero attached hydrogens (tertiary/aromatic N) is 1. The molecule has 0 aromatic carbocycles. The number of ether oxygens (including phenoxy) is 1. The molecule has 0 aromatic heterocycles. The Morgan fingerprint density at radius 3 is 3.00 bits per heavy atom. The molecule has 3 nitrogen and oxygen atoms in total. The highest BCUT2D eigenvalue weighted by atomic mass is 16.5. The lowest BCUT2D eigenvalue weighted by molar-refractivity contribution is -0.132. The normalized spacial score (nSPS) is 16.9. The smallest absolute Gasteiger partial charge is 0.352 e. The second-order valence-corrected chi connectivity index (χ2v) is 2.51. The Bertz CT molecular complexity index is 228. The van der Waals surface area contributed by atoms with Crippen LogP contribution >= 0.6 is 0 Å². The van der Waals surface area contributed by atoms with Crippen LogP contribution in [-0.4, -0.2) is 25.3 Å². The van der Waals surface area contributed by atoms with Crippen LogP contribution in [0.1, 0.15) is 13.3 Å². The van der Waals surface area contributed by atoms with Gasteiger partial charge in [-0.3, -0.25) is 4.99 Å². The molecule has 1 aliphatic rings. The summed E-state index contributed by atoms with van der Waals surface area (Å²) in [5.74, 6) is -0.308. The maximum atomic E-state index is 10.9. The molecule has 0 radical (unpaired) electrons. The minimum Gasteiger partial charge on any atom is -0.465 e. The second kappa shape index (κ2) is 3.32. The maximum Gasteiger partial charge on any atom is 0.352 e. The summed E-state index contributed by atoms with van der Waals surface area (Å²) >= 11 is 0. The number of rotatable bonds is 1. The molecule has 0 aromatic rings. The Kier molecular flexibility index (Phi) is 2.41. The van der Waals surface area contributed by atoms with Gasteiger partial charge in [-0.1, -0.05) is 11.6 Å². The van der Waals surface area contributed by atoms with E-state index in [2.05, 4.69) is 9.73 Å². The molecule has 1 heterocycles. The number of dihydropyridines is 1. The van der Waals surface area contributed by atoms with Gasteiger partial charge in [0, 0.05) is 6.42 Å². The highest BCUT2D eigenvalue weighted by Gasteiger charge is 2.13. The van der Waals surface area contributed by atoms with Gasteiger partial charge in [-0.05, 0) is 6.92 Å². The van der Waals surface area contributed by atoms with E-state index >= 15 is 0 Å². The quantitative estimate of drug-likeness (QED) is 0.415. The minimum absolute atomic E-state index is 0.308. The second-order valence-electron chi connectivity index (χ2n) is 2.51. The van der Waals surface area contributed by atoms with Crippen LogP contribution in [0.2, 0.25) is 0 Å². The SMILES string of the molecule is COC(=O)C1=NCC=C(C)C1. The third-order valence-corrected chi connectivity index (χ3v) is 1.59. The third-order valence-electron chi connectivity index (χ3n) is 1.59. The summed E-state index contributed by atoms with van der Waals surface area (Å²) in [4.78, 5) is 14.9. The van der Waals surface area contributed by atoms with E-state index in [1.807, 2.05) is 13.0 Å². The van der Waals surface area contributed by atoms with Gasteiger partial charge in [0.25, 0.3) is 0 Å². The fourth-order valence-electron chi connectivity index (χ4n) is 0.958. The molecule has 0 saturated heterocycles. The van der Waals surface area contributed by atoms with Crippen molar-refractivity contribution in [2.24, 2.45) is 4.99 Å². The van der Waals surface area contributed by atoms with Crippen LogP contribution in [0.4, 0.5) is 0 Å². The highest BCUT2D eigenvalue weighted by Crippen LogP contribution is 2.08. The van der Waals surface area contributed by atoms with Crippen molar-refractivity contribution in [3.05, 3.63) is 11.6 Å². The molecule has 0 N–H and O–H groups in total. The van der Waals surface area contributed by atoms with Crippen molar-refractivity contribution in [2.45, 2.75) is 13.3 Å². The first-order valence-electron chi connectivity index (χ1n) is 3.51. The summed E-state index contributed by atoms with van der Waals surface area (Å²) < 4.78 is 4.54. The van der Waals surface area contributed by atoms with Crippen LogP contribution in [0, 0.1) is 0 Å². The van der Waals surface area contributed by atoms with E-state index in [0.717, 1.165) is 0 Å². The Morgan fingerprint density at radius 2 is 2.45 bits per heavy atom. The monoisotopic (exact) mass is 153 g/mol. The van der Waals surface area contributed by atoms with Gasteiger partial charge in [-0.2, -0.15) is 0 Å². The molecule has 3 heteroatoms. The van der Waals surface area contributed by atoms with E-state index in [9.17, 15) is 4.79 Å². The molecule has 0 bridgehead atoms. The molecule has 60 valence electrons. The van der Waals surface area contributed by atoms with E-state index < -0.39 is 0 Å². The molecule has 0 atom stereocenters. The lowest BCUT2D eigenvalue weighted by Gasteiger charge is -2.08.